The Morgan fingerprint density at radius 3 is 0.970 bits per heavy atom. The average molecular weight is 933 g/mol. The van der Waals surface area contributed by atoms with Crippen LogP contribution in [0.3, 0.4) is 0 Å². The molecule has 0 aromatic heterocycles. The molecule has 0 spiro atoms. The smallest absolute Gasteiger partial charge is 0.306 e. The van der Waals surface area contributed by atoms with Crippen LogP contribution in [0.4, 0.5) is 0 Å². The Labute approximate surface area is 414 Å². The van der Waals surface area contributed by atoms with Gasteiger partial charge in [-0.2, -0.15) is 0 Å². The van der Waals surface area contributed by atoms with Gasteiger partial charge in [-0.05, 0) is 64.2 Å². The zero-order valence-corrected chi connectivity index (χ0v) is 43.9. The highest BCUT2D eigenvalue weighted by Gasteiger charge is 2.19. The third-order valence-electron chi connectivity index (χ3n) is 12.0. The van der Waals surface area contributed by atoms with E-state index >= 15 is 0 Å². The van der Waals surface area contributed by atoms with Crippen molar-refractivity contribution in [1.29, 1.82) is 0 Å². The lowest BCUT2D eigenvalue weighted by molar-refractivity contribution is -0.167. The lowest BCUT2D eigenvalue weighted by Gasteiger charge is -2.18. The maximum Gasteiger partial charge on any atom is 0.306 e. The molecule has 6 heteroatoms. The van der Waals surface area contributed by atoms with Crippen molar-refractivity contribution < 1.29 is 28.6 Å². The van der Waals surface area contributed by atoms with Gasteiger partial charge >= 0.3 is 17.9 Å². The SMILES string of the molecule is CC\C=C/C=C\C=C/C=C\C=C/CCCCCC(=O)OC(COC(=O)CCCCCCCC/C=C\C=C/CCCCC)COC(=O)CCCCCCCCCCCCCCCCCCCCC. The first kappa shape index (κ1) is 63.6. The zero-order valence-electron chi connectivity index (χ0n) is 43.9. The van der Waals surface area contributed by atoms with E-state index in [4.69, 9.17) is 14.2 Å². The van der Waals surface area contributed by atoms with Crippen LogP contribution in [0, 0.1) is 0 Å². The van der Waals surface area contributed by atoms with Crippen molar-refractivity contribution in [1.82, 2.24) is 0 Å². The normalized spacial score (nSPS) is 12.7. The maximum atomic E-state index is 12.8. The van der Waals surface area contributed by atoms with E-state index in [0.717, 1.165) is 70.6 Å². The molecule has 0 amide bonds. The Morgan fingerprint density at radius 2 is 0.582 bits per heavy atom. The quantitative estimate of drug-likeness (QED) is 0.0262. The van der Waals surface area contributed by atoms with Crippen LogP contribution in [0.1, 0.15) is 265 Å². The van der Waals surface area contributed by atoms with Gasteiger partial charge in [-0.1, -0.05) is 266 Å². The van der Waals surface area contributed by atoms with Crippen molar-refractivity contribution in [3.05, 3.63) is 85.1 Å². The van der Waals surface area contributed by atoms with Gasteiger partial charge in [0.25, 0.3) is 0 Å². The van der Waals surface area contributed by atoms with E-state index in [0.29, 0.717) is 19.3 Å². The van der Waals surface area contributed by atoms with Crippen molar-refractivity contribution in [2.24, 2.45) is 0 Å². The molecule has 0 heterocycles. The fraction of sp³-hybridized carbons (Fsp3) is 0.721. The Morgan fingerprint density at radius 1 is 0.313 bits per heavy atom. The number of hydrogen-bond donors (Lipinski definition) is 0. The molecular formula is C61H104O6. The summed E-state index contributed by atoms with van der Waals surface area (Å²) in [5.74, 6) is -0.944. The Bertz CT molecular complexity index is 1300. The highest BCUT2D eigenvalue weighted by atomic mass is 16.6. The molecule has 0 radical (unpaired) electrons. The molecule has 1 atom stereocenters. The van der Waals surface area contributed by atoms with Crippen molar-refractivity contribution >= 4 is 17.9 Å². The van der Waals surface area contributed by atoms with Gasteiger partial charge in [-0.25, -0.2) is 0 Å². The number of allylic oxidation sites excluding steroid dienone is 14. The monoisotopic (exact) mass is 933 g/mol. The van der Waals surface area contributed by atoms with Gasteiger partial charge in [-0.15, -0.1) is 0 Å². The van der Waals surface area contributed by atoms with Crippen LogP contribution in [0.15, 0.2) is 85.1 Å². The number of hydrogen-bond acceptors (Lipinski definition) is 6. The van der Waals surface area contributed by atoms with Crippen LogP contribution >= 0.6 is 0 Å². The molecule has 0 bridgehead atoms. The van der Waals surface area contributed by atoms with Gasteiger partial charge in [0.1, 0.15) is 13.2 Å². The molecule has 0 N–H and O–H groups in total. The van der Waals surface area contributed by atoms with Crippen LogP contribution < -0.4 is 0 Å². The second-order valence-corrected chi connectivity index (χ2v) is 18.6. The van der Waals surface area contributed by atoms with E-state index in [1.54, 1.807) is 0 Å². The van der Waals surface area contributed by atoms with Crippen molar-refractivity contribution in [3.63, 3.8) is 0 Å². The van der Waals surface area contributed by atoms with Crippen LogP contribution in [0.2, 0.25) is 0 Å². The first-order chi connectivity index (χ1) is 33.0. The lowest BCUT2D eigenvalue weighted by Crippen LogP contribution is -2.30. The number of rotatable bonds is 50. The maximum absolute atomic E-state index is 12.8. The summed E-state index contributed by atoms with van der Waals surface area (Å²) in [7, 11) is 0. The van der Waals surface area contributed by atoms with E-state index in [1.165, 1.54) is 148 Å². The number of carbonyl (C=O) groups is 3. The molecule has 0 aliphatic carbocycles. The number of ether oxygens (including phenoxy) is 3. The first-order valence-electron chi connectivity index (χ1n) is 28.2. The van der Waals surface area contributed by atoms with E-state index in [9.17, 15) is 14.4 Å². The standard InChI is InChI=1S/C61H104O6/c1-4-7-10-13-16-19-22-25-28-29-30-31-34-36-39-42-45-48-51-54-60(63)66-57-58(67-61(64)55-52-49-46-43-40-37-33-27-24-21-18-15-12-9-6-3)56-65-59(62)53-50-47-44-41-38-35-32-26-23-20-17-14-11-8-5-2/h9,12,15,17-18,20-21,23-24,26-27,33,37,40,58H,4-8,10-11,13-14,16,19,22,25,28-32,34-36,38-39,41-57H2,1-3H3/b12-9-,18-15-,20-17-,24-21-,26-23-,33-27-,40-37-. The second-order valence-electron chi connectivity index (χ2n) is 18.6. The number of unbranched alkanes of at least 4 members (excludes halogenated alkanes) is 30. The van der Waals surface area contributed by atoms with Crippen molar-refractivity contribution in [3.8, 4) is 0 Å². The molecule has 384 valence electrons. The Balaban J connectivity index is 4.42. The molecule has 0 aliphatic rings. The first-order valence-corrected chi connectivity index (χ1v) is 28.2. The predicted molar refractivity (Wildman–Crippen MR) is 288 cm³/mol. The Kier molecular flexibility index (Phi) is 52.4. The zero-order chi connectivity index (χ0) is 48.6. The van der Waals surface area contributed by atoms with Crippen LogP contribution in [0.25, 0.3) is 0 Å². The van der Waals surface area contributed by atoms with E-state index in [2.05, 4.69) is 57.2 Å². The molecule has 6 nitrogen and oxygen atoms in total. The van der Waals surface area contributed by atoms with E-state index < -0.39 is 6.10 Å². The fourth-order valence-electron chi connectivity index (χ4n) is 7.81. The van der Waals surface area contributed by atoms with Crippen LogP contribution in [0.5, 0.6) is 0 Å². The third-order valence-corrected chi connectivity index (χ3v) is 12.0. The predicted octanol–water partition coefficient (Wildman–Crippen LogP) is 18.8. The topological polar surface area (TPSA) is 78.9 Å². The van der Waals surface area contributed by atoms with Crippen LogP contribution in [-0.4, -0.2) is 37.2 Å². The number of carbonyl (C=O) groups excluding carboxylic acids is 3. The van der Waals surface area contributed by atoms with Gasteiger partial charge in [0.15, 0.2) is 6.10 Å². The van der Waals surface area contributed by atoms with Gasteiger partial charge in [-0.3, -0.25) is 14.4 Å². The van der Waals surface area contributed by atoms with E-state index in [-0.39, 0.29) is 37.5 Å². The average Bonchev–Trinajstić information content (AvgIpc) is 3.33. The fourth-order valence-corrected chi connectivity index (χ4v) is 7.81. The van der Waals surface area contributed by atoms with Gasteiger partial charge < -0.3 is 14.2 Å². The summed E-state index contributed by atoms with van der Waals surface area (Å²) < 4.78 is 16.8. The number of esters is 3. The molecule has 0 aliphatic heterocycles. The van der Waals surface area contributed by atoms with Gasteiger partial charge in [0.2, 0.25) is 0 Å². The van der Waals surface area contributed by atoms with Crippen molar-refractivity contribution in [2.45, 2.75) is 271 Å². The molecular weight excluding hydrogens is 829 g/mol. The van der Waals surface area contributed by atoms with Crippen molar-refractivity contribution in [2.75, 3.05) is 13.2 Å². The molecule has 0 saturated carbocycles. The molecule has 0 aromatic rings. The molecule has 67 heavy (non-hydrogen) atoms. The lowest BCUT2D eigenvalue weighted by atomic mass is 10.0. The molecule has 0 aromatic carbocycles. The largest absolute Gasteiger partial charge is 0.462 e. The summed E-state index contributed by atoms with van der Waals surface area (Å²) in [5, 5.41) is 0. The Hall–Kier alpha value is -3.41. The molecule has 0 rings (SSSR count). The summed E-state index contributed by atoms with van der Waals surface area (Å²) in [6.07, 6.45) is 71.4. The molecule has 0 fully saturated rings. The highest BCUT2D eigenvalue weighted by Crippen LogP contribution is 2.16. The van der Waals surface area contributed by atoms with E-state index in [1.807, 2.05) is 48.6 Å². The van der Waals surface area contributed by atoms with Crippen LogP contribution in [-0.2, 0) is 28.6 Å². The molecule has 1 unspecified atom stereocenters. The summed E-state index contributed by atoms with van der Waals surface area (Å²) in [5.41, 5.74) is 0. The minimum atomic E-state index is -0.803. The minimum Gasteiger partial charge on any atom is -0.462 e. The minimum absolute atomic E-state index is 0.0961. The second kappa shape index (κ2) is 55.2. The highest BCUT2D eigenvalue weighted by molar-refractivity contribution is 5.71. The van der Waals surface area contributed by atoms with Gasteiger partial charge in [0.05, 0.1) is 0 Å². The summed E-state index contributed by atoms with van der Waals surface area (Å²) in [4.78, 5) is 38.1. The molecule has 0 saturated heterocycles. The summed E-state index contributed by atoms with van der Waals surface area (Å²) in [6.45, 7) is 6.44. The summed E-state index contributed by atoms with van der Waals surface area (Å²) >= 11 is 0. The van der Waals surface area contributed by atoms with Gasteiger partial charge in [0, 0.05) is 19.3 Å². The third kappa shape index (κ3) is 53.4. The summed E-state index contributed by atoms with van der Waals surface area (Å²) in [6, 6.07) is 0.